The van der Waals surface area contributed by atoms with Crippen LogP contribution in [0.3, 0.4) is 0 Å². The average molecular weight is 265 g/mol. The lowest BCUT2D eigenvalue weighted by molar-refractivity contribution is -0.147. The minimum atomic E-state index is -0.797. The lowest BCUT2D eigenvalue weighted by Gasteiger charge is -2.23. The molecule has 0 saturated carbocycles. The Hall–Kier alpha value is -1.69. The molecule has 96 valence electrons. The summed E-state index contributed by atoms with van der Waals surface area (Å²) in [5, 5.41) is 14.3. The van der Waals surface area contributed by atoms with Crippen molar-refractivity contribution in [2.75, 3.05) is 11.9 Å². The number of fused-ring (bicyclic) bond motifs is 1. The number of rotatable bonds is 5. The van der Waals surface area contributed by atoms with Gasteiger partial charge < -0.3 is 10.4 Å². The maximum atomic E-state index is 11.2. The first kappa shape index (κ1) is 12.8. The number of anilines is 1. The van der Waals surface area contributed by atoms with Crippen LogP contribution in [-0.4, -0.2) is 27.6 Å². The Morgan fingerprint density at radius 1 is 1.56 bits per heavy atom. The standard InChI is InChI=1S/C12H15N3O2S/c1-3-12(2,11(16)17)6-13-10-9-8(4-5-18-9)14-7-15-10/h4-5,7H,3,6H2,1-2H3,(H,16,17)(H,13,14,15). The highest BCUT2D eigenvalue weighted by Gasteiger charge is 2.31. The molecule has 2 heterocycles. The first-order valence-corrected chi connectivity index (χ1v) is 6.60. The molecule has 0 aliphatic carbocycles. The van der Waals surface area contributed by atoms with Gasteiger partial charge in [-0.1, -0.05) is 6.92 Å². The molecule has 0 saturated heterocycles. The van der Waals surface area contributed by atoms with Gasteiger partial charge >= 0.3 is 5.97 Å². The smallest absolute Gasteiger partial charge is 0.311 e. The minimum Gasteiger partial charge on any atom is -0.481 e. The predicted octanol–water partition coefficient (Wildman–Crippen LogP) is 2.60. The lowest BCUT2D eigenvalue weighted by atomic mass is 9.88. The molecule has 2 aromatic rings. The lowest BCUT2D eigenvalue weighted by Crippen LogP contribution is -2.34. The third kappa shape index (κ3) is 2.28. The van der Waals surface area contributed by atoms with Crippen LogP contribution in [0, 0.1) is 5.41 Å². The second-order valence-corrected chi connectivity index (χ2v) is 5.35. The van der Waals surface area contributed by atoms with E-state index in [1.165, 1.54) is 6.33 Å². The summed E-state index contributed by atoms with van der Waals surface area (Å²) < 4.78 is 0.960. The minimum absolute atomic E-state index is 0.350. The number of nitrogens with one attached hydrogen (secondary N) is 1. The number of carbonyl (C=O) groups is 1. The fourth-order valence-corrected chi connectivity index (χ4v) is 2.36. The molecule has 0 aliphatic heterocycles. The molecule has 1 atom stereocenters. The first-order chi connectivity index (χ1) is 8.57. The van der Waals surface area contributed by atoms with Gasteiger partial charge in [-0.2, -0.15) is 0 Å². The van der Waals surface area contributed by atoms with Crippen LogP contribution in [0.4, 0.5) is 5.82 Å². The molecule has 0 aliphatic rings. The van der Waals surface area contributed by atoms with Crippen LogP contribution < -0.4 is 5.32 Å². The normalized spacial score (nSPS) is 14.3. The van der Waals surface area contributed by atoms with Crippen molar-refractivity contribution in [3.8, 4) is 0 Å². The second-order valence-electron chi connectivity index (χ2n) is 4.43. The zero-order valence-electron chi connectivity index (χ0n) is 10.3. The summed E-state index contributed by atoms with van der Waals surface area (Å²) in [6.07, 6.45) is 2.05. The Morgan fingerprint density at radius 2 is 2.33 bits per heavy atom. The van der Waals surface area contributed by atoms with E-state index in [-0.39, 0.29) is 0 Å². The van der Waals surface area contributed by atoms with Crippen molar-refractivity contribution in [3.05, 3.63) is 17.8 Å². The van der Waals surface area contributed by atoms with E-state index in [0.717, 1.165) is 10.2 Å². The SMILES string of the molecule is CCC(C)(CNc1ncnc2ccsc12)C(=O)O. The topological polar surface area (TPSA) is 75.1 Å². The summed E-state index contributed by atoms with van der Waals surface area (Å²) in [7, 11) is 0. The molecular formula is C12H15N3O2S. The van der Waals surface area contributed by atoms with Gasteiger partial charge in [-0.05, 0) is 24.8 Å². The van der Waals surface area contributed by atoms with Crippen molar-refractivity contribution >= 4 is 33.3 Å². The van der Waals surface area contributed by atoms with E-state index >= 15 is 0 Å². The van der Waals surface area contributed by atoms with Crippen LogP contribution >= 0.6 is 11.3 Å². The molecule has 2 rings (SSSR count). The zero-order chi connectivity index (χ0) is 13.2. The van der Waals surface area contributed by atoms with Crippen molar-refractivity contribution in [2.24, 2.45) is 5.41 Å². The van der Waals surface area contributed by atoms with Gasteiger partial charge in [0.25, 0.3) is 0 Å². The molecule has 1 unspecified atom stereocenters. The molecule has 5 nitrogen and oxygen atoms in total. The van der Waals surface area contributed by atoms with Gasteiger partial charge in [-0.25, -0.2) is 9.97 Å². The quantitative estimate of drug-likeness (QED) is 0.869. The van der Waals surface area contributed by atoms with E-state index in [4.69, 9.17) is 0 Å². The maximum absolute atomic E-state index is 11.2. The van der Waals surface area contributed by atoms with Gasteiger partial charge in [-0.3, -0.25) is 4.79 Å². The summed E-state index contributed by atoms with van der Waals surface area (Å²) in [5.41, 5.74) is 0.0974. The number of thiophene rings is 1. The molecule has 0 aromatic carbocycles. The molecular weight excluding hydrogens is 250 g/mol. The van der Waals surface area contributed by atoms with E-state index in [1.807, 2.05) is 18.4 Å². The summed E-state index contributed by atoms with van der Waals surface area (Å²) in [6, 6.07) is 1.92. The summed E-state index contributed by atoms with van der Waals surface area (Å²) in [6.45, 7) is 3.95. The van der Waals surface area contributed by atoms with Crippen LogP contribution in [0.15, 0.2) is 17.8 Å². The first-order valence-electron chi connectivity index (χ1n) is 5.72. The summed E-state index contributed by atoms with van der Waals surface area (Å²) >= 11 is 1.55. The van der Waals surface area contributed by atoms with Crippen LogP contribution in [0.5, 0.6) is 0 Å². The molecule has 0 amide bonds. The van der Waals surface area contributed by atoms with Crippen molar-refractivity contribution in [3.63, 3.8) is 0 Å². The molecule has 0 radical (unpaired) electrons. The Balaban J connectivity index is 2.20. The van der Waals surface area contributed by atoms with Gasteiger partial charge in [0, 0.05) is 6.54 Å². The van der Waals surface area contributed by atoms with Crippen LogP contribution in [-0.2, 0) is 4.79 Å². The Labute approximate surface area is 109 Å². The number of aromatic nitrogens is 2. The van der Waals surface area contributed by atoms with E-state index in [1.54, 1.807) is 18.3 Å². The molecule has 0 bridgehead atoms. The Kier molecular flexibility index (Phi) is 3.47. The fourth-order valence-electron chi connectivity index (χ4n) is 1.55. The molecule has 2 N–H and O–H groups in total. The van der Waals surface area contributed by atoms with E-state index in [0.29, 0.717) is 18.8 Å². The number of carboxylic acids is 1. The highest BCUT2D eigenvalue weighted by molar-refractivity contribution is 7.17. The zero-order valence-corrected chi connectivity index (χ0v) is 11.1. The Bertz CT molecular complexity index is 569. The predicted molar refractivity (Wildman–Crippen MR) is 71.9 cm³/mol. The van der Waals surface area contributed by atoms with Crippen molar-refractivity contribution in [2.45, 2.75) is 20.3 Å². The monoisotopic (exact) mass is 265 g/mol. The van der Waals surface area contributed by atoms with Crippen molar-refractivity contribution in [1.29, 1.82) is 0 Å². The number of carboxylic acid groups (broad SMARTS) is 1. The number of aliphatic carboxylic acids is 1. The van der Waals surface area contributed by atoms with Crippen LogP contribution in [0.1, 0.15) is 20.3 Å². The van der Waals surface area contributed by atoms with Crippen LogP contribution in [0.25, 0.3) is 10.2 Å². The largest absolute Gasteiger partial charge is 0.481 e. The van der Waals surface area contributed by atoms with Gasteiger partial charge in [0.1, 0.15) is 12.1 Å². The van der Waals surface area contributed by atoms with E-state index in [2.05, 4.69) is 15.3 Å². The second kappa shape index (κ2) is 4.89. The molecule has 18 heavy (non-hydrogen) atoms. The van der Waals surface area contributed by atoms with Gasteiger partial charge in [-0.15, -0.1) is 11.3 Å². The number of hydrogen-bond acceptors (Lipinski definition) is 5. The van der Waals surface area contributed by atoms with Gasteiger partial charge in [0.2, 0.25) is 0 Å². The fraction of sp³-hybridized carbons (Fsp3) is 0.417. The maximum Gasteiger partial charge on any atom is 0.311 e. The molecule has 0 fully saturated rings. The highest BCUT2D eigenvalue weighted by atomic mass is 32.1. The molecule has 0 spiro atoms. The third-order valence-electron chi connectivity index (χ3n) is 3.19. The molecule has 2 aromatic heterocycles. The highest BCUT2D eigenvalue weighted by Crippen LogP contribution is 2.27. The number of nitrogens with zero attached hydrogens (tertiary/aromatic N) is 2. The van der Waals surface area contributed by atoms with Crippen molar-refractivity contribution < 1.29 is 9.90 Å². The summed E-state index contributed by atoms with van der Waals surface area (Å²) in [5.74, 6) is -0.0927. The van der Waals surface area contributed by atoms with Crippen LogP contribution in [0.2, 0.25) is 0 Å². The van der Waals surface area contributed by atoms with Gasteiger partial charge in [0.15, 0.2) is 0 Å². The molecule has 6 heteroatoms. The average Bonchev–Trinajstić information content (AvgIpc) is 2.84. The Morgan fingerprint density at radius 3 is 3.00 bits per heavy atom. The van der Waals surface area contributed by atoms with E-state index in [9.17, 15) is 9.90 Å². The van der Waals surface area contributed by atoms with Gasteiger partial charge in [0.05, 0.1) is 15.6 Å². The summed E-state index contributed by atoms with van der Waals surface area (Å²) in [4.78, 5) is 19.5. The van der Waals surface area contributed by atoms with E-state index < -0.39 is 11.4 Å². The number of hydrogen-bond donors (Lipinski definition) is 2. The van der Waals surface area contributed by atoms with Crippen molar-refractivity contribution in [1.82, 2.24) is 9.97 Å². The third-order valence-corrected chi connectivity index (χ3v) is 4.10.